The molecule has 2 N–H and O–H groups in total. The lowest BCUT2D eigenvalue weighted by Crippen LogP contribution is -2.31. The highest BCUT2D eigenvalue weighted by atomic mass is 35.5. The monoisotopic (exact) mass is 323 g/mol. The van der Waals surface area contributed by atoms with Crippen LogP contribution in [0.4, 0.5) is 13.2 Å². The van der Waals surface area contributed by atoms with Crippen molar-refractivity contribution >= 4 is 23.5 Å². The molecule has 1 amide bonds. The number of nitrogens with one attached hydrogen (secondary N) is 1. The van der Waals surface area contributed by atoms with Crippen LogP contribution in [0.3, 0.4) is 0 Å². The van der Waals surface area contributed by atoms with Crippen LogP contribution in [0.2, 0.25) is 5.02 Å². The predicted molar refractivity (Wildman–Crippen MR) is 69.9 cm³/mol. The van der Waals surface area contributed by atoms with Crippen molar-refractivity contribution in [2.75, 3.05) is 0 Å². The van der Waals surface area contributed by atoms with Gasteiger partial charge in [-0.05, 0) is 17.7 Å². The van der Waals surface area contributed by atoms with Crippen molar-refractivity contribution in [3.63, 3.8) is 0 Å². The molecule has 0 bridgehead atoms. The smallest absolute Gasteiger partial charge is 0.389 e. The average molecular weight is 324 g/mol. The number of hydrogen-bond donors (Lipinski definition) is 2. The van der Waals surface area contributed by atoms with Crippen LogP contribution >= 0.6 is 11.6 Å². The Hall–Kier alpha value is -1.76. The van der Waals surface area contributed by atoms with E-state index < -0.39 is 43.4 Å². The first kappa shape index (κ1) is 17.3. The molecule has 0 aromatic heterocycles. The molecule has 0 unspecified atom stereocenters. The average Bonchev–Trinajstić information content (AvgIpc) is 2.35. The minimum Gasteiger partial charge on any atom is -0.481 e. The lowest BCUT2D eigenvalue weighted by atomic mass is 10.0. The molecule has 0 saturated heterocycles. The minimum atomic E-state index is -4.43. The molecular formula is C13H13ClF3NO3. The maximum Gasteiger partial charge on any atom is 0.389 e. The van der Waals surface area contributed by atoms with Gasteiger partial charge in [0.25, 0.3) is 0 Å². The maximum atomic E-state index is 12.0. The Balaban J connectivity index is 2.72. The second kappa shape index (κ2) is 7.31. The molecule has 1 atom stereocenters. The molecule has 1 rings (SSSR count). The molecule has 116 valence electrons. The quantitative estimate of drug-likeness (QED) is 0.844. The summed E-state index contributed by atoms with van der Waals surface area (Å²) in [6.07, 6.45) is -6.86. The fourth-order valence-electron chi connectivity index (χ4n) is 1.64. The molecule has 0 radical (unpaired) electrons. The fraction of sp³-hybridized carbons (Fsp3) is 0.385. The van der Waals surface area contributed by atoms with Crippen molar-refractivity contribution in [1.82, 2.24) is 5.32 Å². The van der Waals surface area contributed by atoms with Crippen molar-refractivity contribution in [2.24, 2.45) is 0 Å². The topological polar surface area (TPSA) is 66.4 Å². The van der Waals surface area contributed by atoms with Gasteiger partial charge in [-0.15, -0.1) is 0 Å². The van der Waals surface area contributed by atoms with Gasteiger partial charge in [0.1, 0.15) is 0 Å². The number of amides is 1. The van der Waals surface area contributed by atoms with Gasteiger partial charge < -0.3 is 10.4 Å². The second-order valence-electron chi connectivity index (χ2n) is 4.38. The number of carbonyl (C=O) groups excluding carboxylic acids is 1. The molecular weight excluding hydrogens is 311 g/mol. The van der Waals surface area contributed by atoms with Crippen LogP contribution in [-0.4, -0.2) is 23.2 Å². The summed E-state index contributed by atoms with van der Waals surface area (Å²) in [7, 11) is 0. The first-order valence-electron chi connectivity index (χ1n) is 6.01. The third-order valence-corrected chi connectivity index (χ3v) is 2.87. The summed E-state index contributed by atoms with van der Waals surface area (Å²) >= 11 is 5.70. The fourth-order valence-corrected chi connectivity index (χ4v) is 1.77. The van der Waals surface area contributed by atoms with E-state index in [1.807, 2.05) is 0 Å². The summed E-state index contributed by atoms with van der Waals surface area (Å²) in [4.78, 5) is 22.3. The van der Waals surface area contributed by atoms with E-state index in [9.17, 15) is 22.8 Å². The van der Waals surface area contributed by atoms with Gasteiger partial charge in [-0.1, -0.05) is 23.7 Å². The van der Waals surface area contributed by atoms with E-state index in [4.69, 9.17) is 16.7 Å². The van der Waals surface area contributed by atoms with Crippen LogP contribution in [-0.2, 0) is 9.59 Å². The van der Waals surface area contributed by atoms with Crippen LogP contribution in [0.5, 0.6) is 0 Å². The van der Waals surface area contributed by atoms with E-state index in [0.717, 1.165) is 0 Å². The summed E-state index contributed by atoms with van der Waals surface area (Å²) in [6.45, 7) is 0. The highest BCUT2D eigenvalue weighted by Gasteiger charge is 2.28. The molecule has 0 aliphatic rings. The second-order valence-corrected chi connectivity index (χ2v) is 4.82. The van der Waals surface area contributed by atoms with Gasteiger partial charge in [-0.25, -0.2) is 0 Å². The van der Waals surface area contributed by atoms with Crippen LogP contribution in [0.25, 0.3) is 0 Å². The normalized spacial score (nSPS) is 12.8. The summed E-state index contributed by atoms with van der Waals surface area (Å²) in [6, 6.07) is 5.14. The van der Waals surface area contributed by atoms with Gasteiger partial charge in [-0.3, -0.25) is 9.59 Å². The first-order valence-corrected chi connectivity index (χ1v) is 6.38. The van der Waals surface area contributed by atoms with Crippen molar-refractivity contribution in [1.29, 1.82) is 0 Å². The van der Waals surface area contributed by atoms with Crippen molar-refractivity contribution in [3.8, 4) is 0 Å². The van der Waals surface area contributed by atoms with Gasteiger partial charge in [-0.2, -0.15) is 13.2 Å². The van der Waals surface area contributed by atoms with Gasteiger partial charge in [0, 0.05) is 11.4 Å². The summed E-state index contributed by atoms with van der Waals surface area (Å²) in [5, 5.41) is 11.5. The number of benzene rings is 1. The van der Waals surface area contributed by atoms with Crippen LogP contribution in [0.15, 0.2) is 24.3 Å². The summed E-state index contributed by atoms with van der Waals surface area (Å²) in [5.41, 5.74) is 0.460. The lowest BCUT2D eigenvalue weighted by Gasteiger charge is -2.18. The Morgan fingerprint density at radius 3 is 2.29 bits per heavy atom. The van der Waals surface area contributed by atoms with Gasteiger partial charge >= 0.3 is 12.1 Å². The van der Waals surface area contributed by atoms with Crippen molar-refractivity contribution < 1.29 is 27.9 Å². The standard InChI is InChI=1S/C13H13ClF3NO3/c14-9-3-1-8(2-4-9)10(7-12(20)21)18-11(19)5-6-13(15,16)17/h1-4,10H,5-7H2,(H,18,19)(H,20,21)/t10-/m0/s1. The van der Waals surface area contributed by atoms with Crippen molar-refractivity contribution in [2.45, 2.75) is 31.5 Å². The summed E-state index contributed by atoms with van der Waals surface area (Å²) < 4.78 is 36.1. The third-order valence-electron chi connectivity index (χ3n) is 2.62. The van der Waals surface area contributed by atoms with Crippen LogP contribution in [0, 0.1) is 0 Å². The van der Waals surface area contributed by atoms with Crippen LogP contribution in [0.1, 0.15) is 30.9 Å². The maximum absolute atomic E-state index is 12.0. The number of aliphatic carboxylic acids is 1. The van der Waals surface area contributed by atoms with Gasteiger partial charge in [0.15, 0.2) is 0 Å². The minimum absolute atomic E-state index is 0.427. The molecule has 0 aliphatic heterocycles. The number of carboxylic acids is 1. The molecule has 1 aromatic rings. The number of carboxylic acid groups (broad SMARTS) is 1. The van der Waals surface area contributed by atoms with E-state index in [-0.39, 0.29) is 0 Å². The Bertz CT molecular complexity index is 502. The van der Waals surface area contributed by atoms with E-state index in [0.29, 0.717) is 10.6 Å². The highest BCUT2D eigenvalue weighted by Crippen LogP contribution is 2.23. The molecule has 1 aromatic carbocycles. The Morgan fingerprint density at radius 1 is 1.24 bits per heavy atom. The number of alkyl halides is 3. The van der Waals surface area contributed by atoms with E-state index in [1.165, 1.54) is 24.3 Å². The molecule has 0 heterocycles. The zero-order valence-electron chi connectivity index (χ0n) is 10.8. The van der Waals surface area contributed by atoms with E-state index >= 15 is 0 Å². The summed E-state index contributed by atoms with van der Waals surface area (Å²) in [5.74, 6) is -2.03. The Morgan fingerprint density at radius 2 is 1.81 bits per heavy atom. The number of rotatable bonds is 6. The molecule has 21 heavy (non-hydrogen) atoms. The first-order chi connectivity index (χ1) is 9.67. The largest absolute Gasteiger partial charge is 0.481 e. The number of carbonyl (C=O) groups is 2. The Labute approximate surface area is 123 Å². The zero-order chi connectivity index (χ0) is 16.0. The van der Waals surface area contributed by atoms with Gasteiger partial charge in [0.05, 0.1) is 18.9 Å². The van der Waals surface area contributed by atoms with Crippen LogP contribution < -0.4 is 5.32 Å². The molecule has 0 aliphatic carbocycles. The molecule has 0 spiro atoms. The van der Waals surface area contributed by atoms with E-state index in [1.54, 1.807) is 0 Å². The third kappa shape index (κ3) is 6.99. The molecule has 0 saturated carbocycles. The highest BCUT2D eigenvalue weighted by molar-refractivity contribution is 6.30. The Kier molecular flexibility index (Phi) is 6.02. The number of hydrogen-bond acceptors (Lipinski definition) is 2. The van der Waals surface area contributed by atoms with Gasteiger partial charge in [0.2, 0.25) is 5.91 Å². The predicted octanol–water partition coefficient (Wildman–Crippen LogP) is 3.31. The molecule has 8 heteroatoms. The SMILES string of the molecule is O=C(O)C[C@H](NC(=O)CCC(F)(F)F)c1ccc(Cl)cc1. The molecule has 4 nitrogen and oxygen atoms in total. The number of halogens is 4. The molecule has 0 fully saturated rings. The van der Waals surface area contributed by atoms with Crippen molar-refractivity contribution in [3.05, 3.63) is 34.9 Å². The zero-order valence-corrected chi connectivity index (χ0v) is 11.5. The van der Waals surface area contributed by atoms with E-state index in [2.05, 4.69) is 5.32 Å². The lowest BCUT2D eigenvalue weighted by molar-refractivity contribution is -0.145.